The van der Waals surface area contributed by atoms with E-state index in [1.807, 2.05) is 19.1 Å². The van der Waals surface area contributed by atoms with Crippen molar-refractivity contribution in [3.05, 3.63) is 65.5 Å². The summed E-state index contributed by atoms with van der Waals surface area (Å²) in [6.07, 6.45) is 5.49. The molecule has 1 atom stereocenters. The molecule has 5 heteroatoms. The SMILES string of the molecule is C[C@H](NC(=O)/C=C/c1ccccc1F)c1ccc2c(c1)N(CC1CC1)CCO2. The lowest BCUT2D eigenvalue weighted by molar-refractivity contribution is -0.117. The van der Waals surface area contributed by atoms with Crippen LogP contribution in [0.4, 0.5) is 10.1 Å². The van der Waals surface area contributed by atoms with E-state index in [1.165, 1.54) is 31.1 Å². The van der Waals surface area contributed by atoms with Crippen LogP contribution in [0.2, 0.25) is 0 Å². The van der Waals surface area contributed by atoms with Crippen molar-refractivity contribution in [1.29, 1.82) is 0 Å². The summed E-state index contributed by atoms with van der Waals surface area (Å²) in [6, 6.07) is 12.3. The summed E-state index contributed by atoms with van der Waals surface area (Å²) in [7, 11) is 0. The van der Waals surface area contributed by atoms with E-state index in [4.69, 9.17) is 4.74 Å². The average molecular weight is 380 g/mol. The minimum absolute atomic E-state index is 0.159. The molecule has 4 nitrogen and oxygen atoms in total. The monoisotopic (exact) mass is 380 g/mol. The van der Waals surface area contributed by atoms with Gasteiger partial charge in [-0.15, -0.1) is 0 Å². The van der Waals surface area contributed by atoms with Crippen LogP contribution in [-0.4, -0.2) is 25.6 Å². The van der Waals surface area contributed by atoms with Gasteiger partial charge in [0.05, 0.1) is 18.3 Å². The quantitative estimate of drug-likeness (QED) is 0.759. The van der Waals surface area contributed by atoms with Gasteiger partial charge in [-0.1, -0.05) is 24.3 Å². The van der Waals surface area contributed by atoms with E-state index in [2.05, 4.69) is 16.3 Å². The number of carbonyl (C=O) groups is 1. The van der Waals surface area contributed by atoms with Gasteiger partial charge in [0.2, 0.25) is 5.91 Å². The van der Waals surface area contributed by atoms with Crippen LogP contribution in [0.5, 0.6) is 5.75 Å². The molecule has 2 aliphatic rings. The minimum Gasteiger partial charge on any atom is -0.490 e. The first-order valence-corrected chi connectivity index (χ1v) is 9.85. The lowest BCUT2D eigenvalue weighted by atomic mass is 10.1. The summed E-state index contributed by atoms with van der Waals surface area (Å²) in [5, 5.41) is 2.95. The molecule has 146 valence electrons. The molecule has 2 aromatic carbocycles. The smallest absolute Gasteiger partial charge is 0.244 e. The molecule has 0 spiro atoms. The van der Waals surface area contributed by atoms with Gasteiger partial charge in [-0.25, -0.2) is 4.39 Å². The van der Waals surface area contributed by atoms with Crippen molar-refractivity contribution in [2.24, 2.45) is 5.92 Å². The number of amides is 1. The molecule has 1 N–H and O–H groups in total. The number of nitrogens with one attached hydrogen (secondary N) is 1. The van der Waals surface area contributed by atoms with Crippen molar-refractivity contribution in [2.45, 2.75) is 25.8 Å². The molecule has 0 aromatic heterocycles. The first-order valence-electron chi connectivity index (χ1n) is 9.85. The highest BCUT2D eigenvalue weighted by atomic mass is 19.1. The molecule has 4 rings (SSSR count). The van der Waals surface area contributed by atoms with Crippen molar-refractivity contribution >= 4 is 17.7 Å². The molecular weight excluding hydrogens is 355 g/mol. The van der Waals surface area contributed by atoms with E-state index < -0.39 is 0 Å². The summed E-state index contributed by atoms with van der Waals surface area (Å²) in [4.78, 5) is 14.7. The molecule has 28 heavy (non-hydrogen) atoms. The molecule has 0 bridgehead atoms. The molecule has 1 aliphatic heterocycles. The predicted octanol–water partition coefficient (Wildman–Crippen LogP) is 4.33. The molecule has 0 saturated heterocycles. The van der Waals surface area contributed by atoms with Crippen LogP contribution in [0.25, 0.3) is 6.08 Å². The number of fused-ring (bicyclic) bond motifs is 1. The maximum Gasteiger partial charge on any atom is 0.244 e. The van der Waals surface area contributed by atoms with E-state index in [9.17, 15) is 9.18 Å². The van der Waals surface area contributed by atoms with Gasteiger partial charge >= 0.3 is 0 Å². The Balaban J connectivity index is 1.43. The van der Waals surface area contributed by atoms with Gasteiger partial charge in [0.1, 0.15) is 18.2 Å². The zero-order chi connectivity index (χ0) is 19.5. The van der Waals surface area contributed by atoms with E-state index in [0.717, 1.165) is 36.0 Å². The molecule has 1 fully saturated rings. The number of benzene rings is 2. The van der Waals surface area contributed by atoms with Crippen molar-refractivity contribution in [1.82, 2.24) is 5.32 Å². The highest BCUT2D eigenvalue weighted by Gasteiger charge is 2.27. The lowest BCUT2D eigenvalue weighted by Gasteiger charge is -2.32. The fraction of sp³-hybridized carbons (Fsp3) is 0.348. The van der Waals surface area contributed by atoms with Crippen molar-refractivity contribution in [2.75, 3.05) is 24.6 Å². The third-order valence-corrected chi connectivity index (χ3v) is 5.30. The topological polar surface area (TPSA) is 41.6 Å². The van der Waals surface area contributed by atoms with E-state index >= 15 is 0 Å². The van der Waals surface area contributed by atoms with Gasteiger partial charge in [-0.2, -0.15) is 0 Å². The second-order valence-electron chi connectivity index (χ2n) is 7.55. The minimum atomic E-state index is -0.343. The van der Waals surface area contributed by atoms with E-state index in [1.54, 1.807) is 18.2 Å². The first-order chi connectivity index (χ1) is 13.6. The standard InChI is InChI=1S/C23H25FN2O2/c1-16(25-23(27)11-9-18-4-2-3-5-20(18)24)19-8-10-22-21(14-19)26(12-13-28-22)15-17-6-7-17/h2-5,8-11,14,16-17H,6-7,12-13,15H2,1H3,(H,25,27)/b11-9+/t16-/m0/s1. The number of nitrogens with zero attached hydrogens (tertiary/aromatic N) is 1. The van der Waals surface area contributed by atoms with Crippen LogP contribution in [0.3, 0.4) is 0 Å². The van der Waals surface area contributed by atoms with Gasteiger partial charge in [0.15, 0.2) is 0 Å². The fourth-order valence-corrected chi connectivity index (χ4v) is 3.48. The normalized spacial score (nSPS) is 17.1. The number of carbonyl (C=O) groups excluding carboxylic acids is 1. The Morgan fingerprint density at radius 2 is 2.14 bits per heavy atom. The molecule has 1 saturated carbocycles. The molecule has 0 radical (unpaired) electrons. The second-order valence-corrected chi connectivity index (χ2v) is 7.55. The molecule has 1 aliphatic carbocycles. The lowest BCUT2D eigenvalue weighted by Crippen LogP contribution is -2.34. The summed E-state index contributed by atoms with van der Waals surface area (Å²) < 4.78 is 19.5. The summed E-state index contributed by atoms with van der Waals surface area (Å²) >= 11 is 0. The summed E-state index contributed by atoms with van der Waals surface area (Å²) in [5.74, 6) is 1.12. The van der Waals surface area contributed by atoms with Gasteiger partial charge in [-0.05, 0) is 55.5 Å². The maximum atomic E-state index is 13.7. The van der Waals surface area contributed by atoms with Crippen LogP contribution < -0.4 is 15.0 Å². The van der Waals surface area contributed by atoms with Crippen molar-refractivity contribution < 1.29 is 13.9 Å². The Labute approximate surface area is 165 Å². The average Bonchev–Trinajstić information content (AvgIpc) is 3.51. The van der Waals surface area contributed by atoms with Crippen LogP contribution >= 0.6 is 0 Å². The Bertz CT molecular complexity index is 892. The van der Waals surface area contributed by atoms with Gasteiger partial charge < -0.3 is 15.0 Å². The summed E-state index contributed by atoms with van der Waals surface area (Å²) in [5.41, 5.74) is 2.53. The van der Waals surface area contributed by atoms with E-state index in [0.29, 0.717) is 12.2 Å². The zero-order valence-electron chi connectivity index (χ0n) is 16.0. The third kappa shape index (κ3) is 4.35. The van der Waals surface area contributed by atoms with Crippen LogP contribution in [0, 0.1) is 11.7 Å². The fourth-order valence-electron chi connectivity index (χ4n) is 3.48. The number of ether oxygens (including phenoxy) is 1. The van der Waals surface area contributed by atoms with E-state index in [-0.39, 0.29) is 17.8 Å². The Morgan fingerprint density at radius 1 is 1.32 bits per heavy atom. The molecule has 0 unspecified atom stereocenters. The zero-order valence-corrected chi connectivity index (χ0v) is 16.0. The highest BCUT2D eigenvalue weighted by molar-refractivity contribution is 5.92. The number of hydrogen-bond donors (Lipinski definition) is 1. The first kappa shape index (κ1) is 18.5. The Morgan fingerprint density at radius 3 is 2.93 bits per heavy atom. The maximum absolute atomic E-state index is 13.7. The highest BCUT2D eigenvalue weighted by Crippen LogP contribution is 2.38. The Kier molecular flexibility index (Phi) is 5.33. The number of halogens is 1. The van der Waals surface area contributed by atoms with Crippen LogP contribution in [-0.2, 0) is 4.79 Å². The van der Waals surface area contributed by atoms with Crippen molar-refractivity contribution in [3.8, 4) is 5.75 Å². The Hall–Kier alpha value is -2.82. The molecular formula is C23H25FN2O2. The number of rotatable bonds is 6. The summed E-state index contributed by atoms with van der Waals surface area (Å²) in [6.45, 7) is 4.64. The van der Waals surface area contributed by atoms with Gasteiger partial charge in [0.25, 0.3) is 0 Å². The number of anilines is 1. The van der Waals surface area contributed by atoms with Crippen LogP contribution in [0.1, 0.15) is 36.9 Å². The molecule has 1 amide bonds. The number of hydrogen-bond acceptors (Lipinski definition) is 3. The van der Waals surface area contributed by atoms with Gasteiger partial charge in [-0.3, -0.25) is 4.79 Å². The van der Waals surface area contributed by atoms with Gasteiger partial charge in [0, 0.05) is 18.2 Å². The second kappa shape index (κ2) is 8.05. The van der Waals surface area contributed by atoms with Crippen molar-refractivity contribution in [3.63, 3.8) is 0 Å². The molecule has 2 aromatic rings. The predicted molar refractivity (Wildman–Crippen MR) is 109 cm³/mol. The largest absolute Gasteiger partial charge is 0.490 e. The molecule has 1 heterocycles. The van der Waals surface area contributed by atoms with Crippen LogP contribution in [0.15, 0.2) is 48.5 Å². The third-order valence-electron chi connectivity index (χ3n) is 5.30.